The molecule has 1 aromatic rings. The maximum Gasteiger partial charge on any atom is 0.573 e. The zero-order valence-electron chi connectivity index (χ0n) is 7.89. The fourth-order valence-corrected chi connectivity index (χ4v) is 2.78. The highest BCUT2D eigenvalue weighted by atomic mass is 127. The molecule has 17 heavy (non-hydrogen) atoms. The summed E-state index contributed by atoms with van der Waals surface area (Å²) >= 11 is 4.58. The summed E-state index contributed by atoms with van der Waals surface area (Å²) < 4.78 is 39.9. The van der Waals surface area contributed by atoms with Crippen molar-refractivity contribution in [3.63, 3.8) is 0 Å². The molecule has 0 aliphatic heterocycles. The fourth-order valence-electron chi connectivity index (χ4n) is 1.01. The Balaban J connectivity index is 3.25. The van der Waals surface area contributed by atoms with E-state index in [1.54, 1.807) is 22.6 Å². The van der Waals surface area contributed by atoms with Crippen molar-refractivity contribution < 1.29 is 27.8 Å². The van der Waals surface area contributed by atoms with Gasteiger partial charge < -0.3 is 9.84 Å². The van der Waals surface area contributed by atoms with Gasteiger partial charge in [-0.3, -0.25) is 0 Å². The van der Waals surface area contributed by atoms with Crippen LogP contribution in [0.4, 0.5) is 13.2 Å². The van der Waals surface area contributed by atoms with Gasteiger partial charge in [0.05, 0.1) is 9.77 Å². The van der Waals surface area contributed by atoms with Gasteiger partial charge in [-0.05, 0) is 22.6 Å². The first-order chi connectivity index (χ1) is 7.76. The summed E-state index contributed by atoms with van der Waals surface area (Å²) in [6.45, 7) is 0. The third-order valence-corrected chi connectivity index (χ3v) is 3.38. The normalized spacial score (nSPS) is 11.4. The maximum atomic E-state index is 12.0. The molecular weight excluding hydrogens is 422 g/mol. The highest BCUT2D eigenvalue weighted by Gasteiger charge is 2.33. The average molecular weight is 426 g/mol. The quantitative estimate of drug-likeness (QED) is 0.597. The van der Waals surface area contributed by atoms with E-state index in [2.05, 4.69) is 25.7 Å². The molecule has 0 aliphatic rings. The summed E-state index contributed by atoms with van der Waals surface area (Å²) in [5, 5.41) is 8.86. The summed E-state index contributed by atoms with van der Waals surface area (Å²) in [5.74, 6) is -1.83. The molecule has 1 heterocycles. The van der Waals surface area contributed by atoms with Crippen LogP contribution in [0.1, 0.15) is 16.1 Å². The van der Waals surface area contributed by atoms with E-state index in [1.807, 2.05) is 0 Å². The smallest absolute Gasteiger partial charge is 0.477 e. The van der Waals surface area contributed by atoms with E-state index >= 15 is 0 Å². The van der Waals surface area contributed by atoms with Crippen LogP contribution in [-0.2, 0) is 5.33 Å². The third kappa shape index (κ3) is 3.69. The van der Waals surface area contributed by atoms with Crippen LogP contribution in [-0.4, -0.2) is 22.4 Å². The number of hydrogen-bond acceptors (Lipinski definition) is 3. The van der Waals surface area contributed by atoms with Gasteiger partial charge in [0.15, 0.2) is 11.4 Å². The minimum atomic E-state index is -4.84. The van der Waals surface area contributed by atoms with Crippen molar-refractivity contribution in [2.75, 3.05) is 0 Å². The van der Waals surface area contributed by atoms with E-state index in [1.165, 1.54) is 0 Å². The highest BCUT2D eigenvalue weighted by Crippen LogP contribution is 2.31. The van der Waals surface area contributed by atoms with Crippen LogP contribution in [0.5, 0.6) is 5.75 Å². The molecule has 0 spiro atoms. The Kier molecular flexibility index (Phi) is 4.58. The molecule has 0 radical (unpaired) electrons. The van der Waals surface area contributed by atoms with Crippen LogP contribution >= 0.6 is 38.5 Å². The standard InChI is InChI=1S/C8H4BrF3INO3/c9-1-3-5(13)4(17-8(10,11)12)2-14-6(3)7(15)16/h2H,1H2,(H,15,16). The Bertz CT molecular complexity index is 452. The first-order valence-electron chi connectivity index (χ1n) is 3.98. The first-order valence-corrected chi connectivity index (χ1v) is 6.18. The molecular formula is C8H4BrF3INO3. The Labute approximate surface area is 115 Å². The van der Waals surface area contributed by atoms with Gasteiger partial charge >= 0.3 is 12.3 Å². The molecule has 0 fully saturated rings. The first kappa shape index (κ1) is 14.5. The zero-order chi connectivity index (χ0) is 13.2. The molecule has 94 valence electrons. The lowest BCUT2D eigenvalue weighted by atomic mass is 10.2. The Morgan fingerprint density at radius 2 is 2.18 bits per heavy atom. The van der Waals surface area contributed by atoms with Crippen molar-refractivity contribution in [3.8, 4) is 5.75 Å². The van der Waals surface area contributed by atoms with Crippen LogP contribution < -0.4 is 4.74 Å². The van der Waals surface area contributed by atoms with Gasteiger partial charge in [-0.1, -0.05) is 15.9 Å². The van der Waals surface area contributed by atoms with Crippen LogP contribution in [0, 0.1) is 3.57 Å². The van der Waals surface area contributed by atoms with E-state index in [0.717, 1.165) is 6.20 Å². The number of pyridine rings is 1. The number of alkyl halides is 4. The second-order valence-electron chi connectivity index (χ2n) is 2.75. The Morgan fingerprint density at radius 1 is 1.59 bits per heavy atom. The molecule has 1 N–H and O–H groups in total. The van der Waals surface area contributed by atoms with Gasteiger partial charge in [-0.15, -0.1) is 13.2 Å². The fraction of sp³-hybridized carbons (Fsp3) is 0.250. The molecule has 0 aromatic carbocycles. The molecule has 1 rings (SSSR count). The molecule has 0 unspecified atom stereocenters. The SMILES string of the molecule is O=C(O)c1ncc(OC(F)(F)F)c(I)c1CBr. The van der Waals surface area contributed by atoms with Crippen molar-refractivity contribution in [2.45, 2.75) is 11.7 Å². The second kappa shape index (κ2) is 5.38. The number of aromatic carboxylic acids is 1. The predicted octanol–water partition coefficient (Wildman–Crippen LogP) is 3.18. The highest BCUT2D eigenvalue weighted by molar-refractivity contribution is 14.1. The molecule has 1 aromatic heterocycles. The molecule has 0 aliphatic carbocycles. The van der Waals surface area contributed by atoms with E-state index in [-0.39, 0.29) is 20.2 Å². The maximum absolute atomic E-state index is 12.0. The molecule has 0 bridgehead atoms. The van der Waals surface area contributed by atoms with Gasteiger partial charge in [-0.25, -0.2) is 9.78 Å². The minimum Gasteiger partial charge on any atom is -0.477 e. The predicted molar refractivity (Wildman–Crippen MR) is 63.2 cm³/mol. The van der Waals surface area contributed by atoms with E-state index < -0.39 is 18.1 Å². The number of rotatable bonds is 3. The van der Waals surface area contributed by atoms with E-state index in [9.17, 15) is 18.0 Å². The molecule has 4 nitrogen and oxygen atoms in total. The topological polar surface area (TPSA) is 59.4 Å². The number of carbonyl (C=O) groups is 1. The Morgan fingerprint density at radius 3 is 2.59 bits per heavy atom. The Hall–Kier alpha value is -0.580. The number of nitrogens with zero attached hydrogens (tertiary/aromatic N) is 1. The van der Waals surface area contributed by atoms with E-state index in [0.29, 0.717) is 0 Å². The van der Waals surface area contributed by atoms with Crippen LogP contribution in [0.25, 0.3) is 0 Å². The van der Waals surface area contributed by atoms with Crippen molar-refractivity contribution in [1.82, 2.24) is 4.98 Å². The van der Waals surface area contributed by atoms with Gasteiger partial charge in [0.1, 0.15) is 0 Å². The summed E-state index contributed by atoms with van der Waals surface area (Å²) in [6.07, 6.45) is -4.10. The summed E-state index contributed by atoms with van der Waals surface area (Å²) in [5.41, 5.74) is -0.166. The van der Waals surface area contributed by atoms with Crippen LogP contribution in [0.15, 0.2) is 6.20 Å². The lowest BCUT2D eigenvalue weighted by Crippen LogP contribution is -2.19. The number of carboxylic acid groups (broad SMARTS) is 1. The van der Waals surface area contributed by atoms with Crippen molar-refractivity contribution in [3.05, 3.63) is 21.0 Å². The number of hydrogen-bond donors (Lipinski definition) is 1. The second-order valence-corrected chi connectivity index (χ2v) is 4.39. The monoisotopic (exact) mass is 425 g/mol. The van der Waals surface area contributed by atoms with Gasteiger partial charge in [-0.2, -0.15) is 0 Å². The largest absolute Gasteiger partial charge is 0.573 e. The number of ether oxygens (including phenoxy) is 1. The van der Waals surface area contributed by atoms with Crippen molar-refractivity contribution in [1.29, 1.82) is 0 Å². The van der Waals surface area contributed by atoms with Crippen molar-refractivity contribution >= 4 is 44.5 Å². The van der Waals surface area contributed by atoms with Crippen LogP contribution in [0.3, 0.4) is 0 Å². The molecule has 0 atom stereocenters. The molecule has 0 saturated carbocycles. The van der Waals surface area contributed by atoms with Gasteiger partial charge in [0.25, 0.3) is 0 Å². The summed E-state index contributed by atoms with van der Waals surface area (Å²) in [7, 11) is 0. The number of halogens is 5. The van der Waals surface area contributed by atoms with Crippen molar-refractivity contribution in [2.24, 2.45) is 0 Å². The minimum absolute atomic E-state index is 0.0594. The lowest BCUT2D eigenvalue weighted by molar-refractivity contribution is -0.275. The zero-order valence-corrected chi connectivity index (χ0v) is 11.6. The lowest BCUT2D eigenvalue weighted by Gasteiger charge is -2.13. The molecule has 0 saturated heterocycles. The number of aromatic nitrogens is 1. The van der Waals surface area contributed by atoms with Gasteiger partial charge in [0, 0.05) is 10.9 Å². The molecule has 9 heteroatoms. The summed E-state index contributed by atoms with van der Waals surface area (Å²) in [6, 6.07) is 0. The van der Waals surface area contributed by atoms with Gasteiger partial charge in [0.2, 0.25) is 0 Å². The average Bonchev–Trinajstić information content (AvgIpc) is 2.18. The summed E-state index contributed by atoms with van der Waals surface area (Å²) in [4.78, 5) is 14.2. The molecule has 0 amide bonds. The third-order valence-electron chi connectivity index (χ3n) is 1.64. The number of carboxylic acids is 1. The van der Waals surface area contributed by atoms with Crippen LogP contribution in [0.2, 0.25) is 0 Å². The van der Waals surface area contributed by atoms with E-state index in [4.69, 9.17) is 5.11 Å².